The Bertz CT molecular complexity index is 936. The molecule has 5 heteroatoms. The maximum absolute atomic E-state index is 9.08. The van der Waals surface area contributed by atoms with E-state index in [9.17, 15) is 0 Å². The van der Waals surface area contributed by atoms with Gasteiger partial charge in [0.1, 0.15) is 6.61 Å². The molecule has 2 aromatic heterocycles. The normalized spacial score (nSPS) is 10.8. The lowest BCUT2D eigenvalue weighted by Gasteiger charge is -2.08. The molecule has 3 aromatic rings. The first kappa shape index (κ1) is 16.5. The second-order valence-corrected chi connectivity index (χ2v) is 5.64. The average molecular weight is 330 g/mol. The quantitative estimate of drug-likeness (QED) is 0.526. The summed E-state index contributed by atoms with van der Waals surface area (Å²) in [4.78, 5) is 9.43. The third-order valence-corrected chi connectivity index (χ3v) is 4.02. The van der Waals surface area contributed by atoms with Gasteiger partial charge in [0.25, 0.3) is 0 Å². The Morgan fingerprint density at radius 3 is 2.72 bits per heavy atom. The Hall–Kier alpha value is -3.39. The van der Waals surface area contributed by atoms with Gasteiger partial charge < -0.3 is 9.40 Å². The lowest BCUT2D eigenvalue weighted by Crippen LogP contribution is -1.99. The fraction of sp³-hybridized carbons (Fsp3) is 0.150. The summed E-state index contributed by atoms with van der Waals surface area (Å²) in [6.07, 6.45) is 5.25. The number of hydrogen-bond donors (Lipinski definition) is 0. The van der Waals surface area contributed by atoms with Crippen LogP contribution in [0.5, 0.6) is 0 Å². The summed E-state index contributed by atoms with van der Waals surface area (Å²) >= 11 is 0. The average Bonchev–Trinajstić information content (AvgIpc) is 2.93. The Morgan fingerprint density at radius 1 is 1.20 bits per heavy atom. The van der Waals surface area contributed by atoms with Gasteiger partial charge in [-0.25, -0.2) is 0 Å². The van der Waals surface area contributed by atoms with E-state index >= 15 is 0 Å². The Morgan fingerprint density at radius 2 is 1.96 bits per heavy atom. The first-order valence-corrected chi connectivity index (χ1v) is 7.93. The maximum atomic E-state index is 9.08. The number of benzene rings is 1. The molecule has 0 fully saturated rings. The van der Waals surface area contributed by atoms with Crippen LogP contribution in [-0.4, -0.2) is 15.8 Å². The van der Waals surface area contributed by atoms with Crippen molar-refractivity contribution in [3.05, 3.63) is 82.9 Å². The smallest absolute Gasteiger partial charge is 0.143 e. The molecule has 0 saturated heterocycles. The van der Waals surface area contributed by atoms with Gasteiger partial charge in [0, 0.05) is 40.6 Å². The standard InChI is InChI=1S/C20H18N4O/c1-15-11-19(16(2)24(15)20-7-9-22-10-8-20)13-23-25-14-18-6-4-3-5-17(18)12-21/h3-11,13H,14H2,1-2H3/b23-13-. The molecule has 0 aliphatic heterocycles. The fourth-order valence-electron chi connectivity index (χ4n) is 2.76. The molecule has 0 amide bonds. The number of pyridine rings is 1. The van der Waals surface area contributed by atoms with Crippen LogP contribution in [0.4, 0.5) is 0 Å². The van der Waals surface area contributed by atoms with Gasteiger partial charge in [-0.05, 0) is 38.1 Å². The summed E-state index contributed by atoms with van der Waals surface area (Å²) in [6.45, 7) is 4.36. The molecule has 0 unspecified atom stereocenters. The van der Waals surface area contributed by atoms with Crippen LogP contribution in [0.2, 0.25) is 0 Å². The van der Waals surface area contributed by atoms with Crippen molar-refractivity contribution in [2.75, 3.05) is 0 Å². The molecule has 1 aromatic carbocycles. The van der Waals surface area contributed by atoms with Crippen LogP contribution in [0.25, 0.3) is 5.69 Å². The maximum Gasteiger partial charge on any atom is 0.143 e. The van der Waals surface area contributed by atoms with Crippen molar-refractivity contribution in [3.8, 4) is 11.8 Å². The van der Waals surface area contributed by atoms with E-state index in [2.05, 4.69) is 33.8 Å². The number of aryl methyl sites for hydroxylation is 1. The predicted octanol–water partition coefficient (Wildman–Crippen LogP) is 3.91. The van der Waals surface area contributed by atoms with Crippen LogP contribution in [-0.2, 0) is 11.4 Å². The molecule has 0 spiro atoms. The summed E-state index contributed by atoms with van der Waals surface area (Å²) in [5, 5.41) is 13.1. The van der Waals surface area contributed by atoms with Gasteiger partial charge in [0.05, 0.1) is 17.8 Å². The van der Waals surface area contributed by atoms with Crippen molar-refractivity contribution in [1.29, 1.82) is 5.26 Å². The number of rotatable bonds is 5. The second-order valence-electron chi connectivity index (χ2n) is 5.64. The van der Waals surface area contributed by atoms with Crippen LogP contribution in [0.15, 0.2) is 60.0 Å². The van der Waals surface area contributed by atoms with Gasteiger partial charge in [-0.1, -0.05) is 23.4 Å². The minimum atomic E-state index is 0.267. The van der Waals surface area contributed by atoms with Crippen molar-refractivity contribution in [2.24, 2.45) is 5.16 Å². The number of oxime groups is 1. The topological polar surface area (TPSA) is 63.2 Å². The number of hydrogen-bond acceptors (Lipinski definition) is 4. The van der Waals surface area contributed by atoms with Gasteiger partial charge in [-0.15, -0.1) is 0 Å². The van der Waals surface area contributed by atoms with E-state index in [1.165, 1.54) is 0 Å². The van der Waals surface area contributed by atoms with Crippen molar-refractivity contribution in [1.82, 2.24) is 9.55 Å². The molecule has 0 bridgehead atoms. The van der Waals surface area contributed by atoms with Gasteiger partial charge in [-0.2, -0.15) is 5.26 Å². The largest absolute Gasteiger partial charge is 0.391 e. The van der Waals surface area contributed by atoms with E-state index in [1.54, 1.807) is 24.7 Å². The highest BCUT2D eigenvalue weighted by molar-refractivity contribution is 5.81. The van der Waals surface area contributed by atoms with Gasteiger partial charge in [0.15, 0.2) is 0 Å². The third-order valence-electron chi connectivity index (χ3n) is 4.02. The molecule has 3 rings (SSSR count). The van der Waals surface area contributed by atoms with E-state index in [0.29, 0.717) is 5.56 Å². The van der Waals surface area contributed by atoms with Crippen LogP contribution in [0.3, 0.4) is 0 Å². The minimum Gasteiger partial charge on any atom is -0.391 e. The molecule has 25 heavy (non-hydrogen) atoms. The van der Waals surface area contributed by atoms with Crippen molar-refractivity contribution >= 4 is 6.21 Å². The Kier molecular flexibility index (Phi) is 4.91. The molecule has 0 radical (unpaired) electrons. The predicted molar refractivity (Wildman–Crippen MR) is 96.6 cm³/mol. The van der Waals surface area contributed by atoms with Crippen molar-refractivity contribution in [3.63, 3.8) is 0 Å². The van der Waals surface area contributed by atoms with E-state index in [0.717, 1.165) is 28.2 Å². The summed E-state index contributed by atoms with van der Waals surface area (Å²) in [5.41, 5.74) is 5.67. The summed E-state index contributed by atoms with van der Waals surface area (Å²) in [5.74, 6) is 0. The molecule has 124 valence electrons. The van der Waals surface area contributed by atoms with Crippen LogP contribution >= 0.6 is 0 Å². The Labute approximate surface area is 146 Å². The zero-order valence-corrected chi connectivity index (χ0v) is 14.2. The summed E-state index contributed by atoms with van der Waals surface area (Å²) < 4.78 is 2.15. The Balaban J connectivity index is 1.74. The van der Waals surface area contributed by atoms with Crippen LogP contribution in [0, 0.1) is 25.2 Å². The van der Waals surface area contributed by atoms with Crippen LogP contribution < -0.4 is 0 Å². The van der Waals surface area contributed by atoms with E-state index in [1.807, 2.05) is 37.3 Å². The van der Waals surface area contributed by atoms with Gasteiger partial charge in [-0.3, -0.25) is 4.98 Å². The molecule has 0 saturated carbocycles. The fourth-order valence-corrected chi connectivity index (χ4v) is 2.76. The lowest BCUT2D eigenvalue weighted by atomic mass is 10.1. The SMILES string of the molecule is Cc1cc(/C=N\OCc2ccccc2C#N)c(C)n1-c1ccncc1. The highest BCUT2D eigenvalue weighted by Crippen LogP contribution is 2.19. The lowest BCUT2D eigenvalue weighted by molar-refractivity contribution is 0.132. The van der Waals surface area contributed by atoms with E-state index in [4.69, 9.17) is 10.1 Å². The second kappa shape index (κ2) is 7.45. The monoisotopic (exact) mass is 330 g/mol. The van der Waals surface area contributed by atoms with Crippen molar-refractivity contribution < 1.29 is 4.84 Å². The highest BCUT2D eigenvalue weighted by atomic mass is 16.6. The van der Waals surface area contributed by atoms with E-state index in [-0.39, 0.29) is 6.61 Å². The molecule has 0 N–H and O–H groups in total. The van der Waals surface area contributed by atoms with E-state index < -0.39 is 0 Å². The number of aromatic nitrogens is 2. The molecule has 2 heterocycles. The molecular weight excluding hydrogens is 312 g/mol. The summed E-state index contributed by atoms with van der Waals surface area (Å²) in [7, 11) is 0. The zero-order chi connectivity index (χ0) is 17.6. The van der Waals surface area contributed by atoms with Gasteiger partial charge >= 0.3 is 0 Å². The zero-order valence-electron chi connectivity index (χ0n) is 14.2. The summed E-state index contributed by atoms with van der Waals surface area (Å²) in [6, 6.07) is 15.5. The first-order valence-electron chi connectivity index (χ1n) is 7.93. The molecule has 0 atom stereocenters. The third kappa shape index (κ3) is 3.59. The first-order chi connectivity index (χ1) is 12.2. The molecule has 0 aliphatic carbocycles. The minimum absolute atomic E-state index is 0.267. The van der Waals surface area contributed by atoms with Gasteiger partial charge in [0.2, 0.25) is 0 Å². The number of nitrogens with zero attached hydrogens (tertiary/aromatic N) is 4. The van der Waals surface area contributed by atoms with Crippen LogP contribution in [0.1, 0.15) is 28.1 Å². The molecule has 5 nitrogen and oxygen atoms in total. The van der Waals surface area contributed by atoms with Crippen molar-refractivity contribution in [2.45, 2.75) is 20.5 Å². The molecule has 0 aliphatic rings. The highest BCUT2D eigenvalue weighted by Gasteiger charge is 2.09. The molecular formula is C20H18N4O. The number of nitriles is 1.